The Morgan fingerprint density at radius 3 is 2.17 bits per heavy atom. The Kier molecular flexibility index (Phi) is 5.05. The van der Waals surface area contributed by atoms with E-state index in [0.717, 1.165) is 30.2 Å². The zero-order chi connectivity index (χ0) is 27.5. The van der Waals surface area contributed by atoms with E-state index < -0.39 is 6.97 Å². The molecule has 0 aliphatic carbocycles. The molecule has 6 aromatic heterocycles. The summed E-state index contributed by atoms with van der Waals surface area (Å²) in [5.74, 6) is 2.79. The summed E-state index contributed by atoms with van der Waals surface area (Å²) < 4.78 is 49.1. The van der Waals surface area contributed by atoms with Crippen LogP contribution >= 0.6 is 45.9 Å². The summed E-state index contributed by atoms with van der Waals surface area (Å²) in [5, 5.41) is 0.981. The quantitative estimate of drug-likeness (QED) is 0.194. The van der Waals surface area contributed by atoms with Crippen LogP contribution in [0.4, 0.5) is 8.63 Å². The molecule has 12 heteroatoms. The number of thiophene rings is 2. The highest BCUT2D eigenvalue weighted by molar-refractivity contribution is 7.22. The number of nitrogens with zero attached hydrogens (tertiary/aromatic N) is 3. The molecule has 0 saturated heterocycles. The van der Waals surface area contributed by atoms with Gasteiger partial charge in [-0.3, -0.25) is 4.98 Å². The molecule has 8 heterocycles. The predicted octanol–water partition coefficient (Wildman–Crippen LogP) is 7.58. The van der Waals surface area contributed by atoms with E-state index in [4.69, 9.17) is 32.0 Å². The van der Waals surface area contributed by atoms with E-state index in [-0.39, 0.29) is 10.0 Å². The number of hydrogen-bond acceptors (Lipinski definition) is 5. The maximum atomic E-state index is 16.9. The minimum atomic E-state index is -4.31. The molecule has 0 radical (unpaired) electrons. The van der Waals surface area contributed by atoms with E-state index in [1.807, 2.05) is 38.1 Å². The van der Waals surface area contributed by atoms with Crippen LogP contribution in [0.2, 0.25) is 10.0 Å². The van der Waals surface area contributed by atoms with Gasteiger partial charge in [0.1, 0.15) is 27.6 Å². The molecule has 8 rings (SSSR count). The highest BCUT2D eigenvalue weighted by Gasteiger charge is 2.54. The molecule has 2 aliphatic heterocycles. The van der Waals surface area contributed by atoms with Crippen molar-refractivity contribution in [3.63, 3.8) is 0 Å². The Bertz CT molecular complexity index is 2200. The Morgan fingerprint density at radius 1 is 0.900 bits per heavy atom. The molecule has 0 saturated carbocycles. The molecule has 0 aromatic carbocycles. The summed E-state index contributed by atoms with van der Waals surface area (Å²) >= 11 is 16.1. The summed E-state index contributed by atoms with van der Waals surface area (Å²) in [4.78, 5) is 5.64. The second-order valence-corrected chi connectivity index (χ2v) is 12.8. The van der Waals surface area contributed by atoms with Crippen LogP contribution in [0.3, 0.4) is 0 Å². The molecule has 6 aromatic rings. The van der Waals surface area contributed by atoms with Gasteiger partial charge < -0.3 is 26.4 Å². The monoisotopic (exact) mass is 609 g/mol. The van der Waals surface area contributed by atoms with Crippen LogP contribution in [0.1, 0.15) is 22.8 Å². The van der Waals surface area contributed by atoms with Crippen molar-refractivity contribution >= 4 is 74.7 Å². The lowest BCUT2D eigenvalue weighted by molar-refractivity contribution is 0.518. The molecule has 198 valence electrons. The number of furan rings is 2. The number of allylic oxidation sites excluding steroid dienone is 1. The smallest absolute Gasteiger partial charge is 0.461 e. The first kappa shape index (κ1) is 24.4. The van der Waals surface area contributed by atoms with Crippen molar-refractivity contribution in [3.05, 3.63) is 103 Å². The van der Waals surface area contributed by atoms with Gasteiger partial charge in [0.2, 0.25) is 0 Å². The molecule has 40 heavy (non-hydrogen) atoms. The van der Waals surface area contributed by atoms with E-state index in [1.165, 1.54) is 35.1 Å². The minimum absolute atomic E-state index is 0.283. The van der Waals surface area contributed by atoms with Gasteiger partial charge in [0.25, 0.3) is 0 Å². The zero-order valence-corrected chi connectivity index (χ0v) is 24.0. The lowest BCUT2D eigenvalue weighted by Crippen LogP contribution is -2.56. The fourth-order valence-electron chi connectivity index (χ4n) is 5.61. The second-order valence-electron chi connectivity index (χ2n) is 9.78. The van der Waals surface area contributed by atoms with Crippen LogP contribution in [0.5, 0.6) is 0 Å². The normalized spacial score (nSPS) is 15.5. The summed E-state index contributed by atoms with van der Waals surface area (Å²) in [5.41, 5.74) is 2.11. The Morgan fingerprint density at radius 2 is 1.55 bits per heavy atom. The molecule has 0 bridgehead atoms. The van der Waals surface area contributed by atoms with Crippen molar-refractivity contribution in [2.75, 3.05) is 0 Å². The Hall–Kier alpha value is -3.44. The summed E-state index contributed by atoms with van der Waals surface area (Å²) in [7, 11) is 0. The summed E-state index contributed by atoms with van der Waals surface area (Å²) in [6, 6.07) is 12.7. The second kappa shape index (κ2) is 8.30. The first-order chi connectivity index (χ1) is 19.2. The molecule has 5 nitrogen and oxygen atoms in total. The van der Waals surface area contributed by atoms with Gasteiger partial charge in [-0.2, -0.15) is 0 Å². The van der Waals surface area contributed by atoms with Crippen molar-refractivity contribution in [1.82, 2.24) is 13.9 Å². The topological polar surface area (TPSA) is 47.1 Å². The van der Waals surface area contributed by atoms with Crippen LogP contribution in [-0.2, 0) is 0 Å². The van der Waals surface area contributed by atoms with E-state index >= 15 is 8.63 Å². The maximum Gasteiger partial charge on any atom is 0.738 e. The maximum absolute atomic E-state index is 16.9. The Labute approximate surface area is 243 Å². The number of hydrogen-bond donors (Lipinski definition) is 0. The third-order valence-electron chi connectivity index (χ3n) is 7.26. The first-order valence-corrected chi connectivity index (χ1v) is 14.7. The molecule has 2 aliphatic rings. The van der Waals surface area contributed by atoms with Crippen LogP contribution in [0, 0.1) is 13.8 Å². The fraction of sp³-hybridized carbons (Fsp3) is 0.0714. The van der Waals surface area contributed by atoms with Crippen LogP contribution in [-0.4, -0.2) is 16.4 Å². The van der Waals surface area contributed by atoms with Gasteiger partial charge in [0.15, 0.2) is 11.1 Å². The SMILES string of the molecule is Cc1ccc(-c2cc3c(s2)=CC2=C(c4c(Cl)cncc4Cl)c4cc5sc(-c6ccc(C)o6)cc5n4[B-](F)(F)[N+]=32)o1. The van der Waals surface area contributed by atoms with Crippen molar-refractivity contribution in [2.24, 2.45) is 0 Å². The van der Waals surface area contributed by atoms with Gasteiger partial charge in [0.05, 0.1) is 30.1 Å². The number of aryl methyl sites for hydroxylation is 2. The molecule has 0 spiro atoms. The average molecular weight is 610 g/mol. The largest absolute Gasteiger partial charge is 0.738 e. The highest BCUT2D eigenvalue weighted by Crippen LogP contribution is 2.47. The molecular formula is C28H16BCl2F2N3O2S2. The van der Waals surface area contributed by atoms with Gasteiger partial charge in [-0.05, 0) is 50.2 Å². The standard InChI is InChI=1S/C28H16BCl2F2N3O2S2/c1-13-3-5-21(37-13)25-7-17-23(39-25)9-19-28(27-15(30)11-34-12-16(27)31)20-10-24-18(36(20)29(32,33)35(17)19)8-26(40-24)22-6-4-14(2)38-22/h3-12H,1-2H3. The van der Waals surface area contributed by atoms with E-state index in [1.54, 1.807) is 24.3 Å². The van der Waals surface area contributed by atoms with Crippen LogP contribution < -0.4 is 14.4 Å². The van der Waals surface area contributed by atoms with Gasteiger partial charge in [0, 0.05) is 41.3 Å². The van der Waals surface area contributed by atoms with E-state index in [2.05, 4.69) is 4.98 Å². The lowest BCUT2D eigenvalue weighted by atomic mass is 9.86. The van der Waals surface area contributed by atoms with Crippen LogP contribution in [0.15, 0.2) is 69.4 Å². The van der Waals surface area contributed by atoms with Crippen LogP contribution in [0.25, 0.3) is 43.1 Å². The van der Waals surface area contributed by atoms with E-state index in [9.17, 15) is 0 Å². The third kappa shape index (κ3) is 3.30. The number of rotatable bonds is 3. The number of halogens is 4. The zero-order valence-electron chi connectivity index (χ0n) is 20.8. The van der Waals surface area contributed by atoms with Gasteiger partial charge in [-0.15, -0.1) is 22.7 Å². The van der Waals surface area contributed by atoms with Crippen molar-refractivity contribution in [3.8, 4) is 21.3 Å². The first-order valence-electron chi connectivity index (χ1n) is 12.3. The number of pyridine rings is 1. The lowest BCUT2D eigenvalue weighted by Gasteiger charge is -2.32. The molecule has 0 N–H and O–H groups in total. The summed E-state index contributed by atoms with van der Waals surface area (Å²) in [6.45, 7) is -0.604. The van der Waals surface area contributed by atoms with Crippen molar-refractivity contribution < 1.29 is 17.5 Å². The Balaban J connectivity index is 1.46. The minimum Gasteiger partial charge on any atom is -0.461 e. The average Bonchev–Trinajstić information content (AvgIpc) is 3.69. The molecular weight excluding hydrogens is 594 g/mol. The number of fused-ring (bicyclic) bond motifs is 5. The van der Waals surface area contributed by atoms with Gasteiger partial charge >= 0.3 is 6.97 Å². The number of aromatic nitrogens is 2. The third-order valence-corrected chi connectivity index (χ3v) is 10.0. The predicted molar refractivity (Wildman–Crippen MR) is 158 cm³/mol. The van der Waals surface area contributed by atoms with Crippen molar-refractivity contribution in [1.29, 1.82) is 0 Å². The molecule has 0 atom stereocenters. The molecule has 0 fully saturated rings. The van der Waals surface area contributed by atoms with Gasteiger partial charge in [-0.25, -0.2) is 0 Å². The highest BCUT2D eigenvalue weighted by atomic mass is 35.5. The van der Waals surface area contributed by atoms with Crippen molar-refractivity contribution in [2.45, 2.75) is 13.8 Å². The van der Waals surface area contributed by atoms with E-state index in [0.29, 0.717) is 54.2 Å². The molecule has 0 amide bonds. The summed E-state index contributed by atoms with van der Waals surface area (Å²) in [6.07, 6.45) is 4.75. The van der Waals surface area contributed by atoms with Gasteiger partial charge in [-0.1, -0.05) is 23.2 Å². The molecule has 0 unspecified atom stereocenters. The fourth-order valence-corrected chi connectivity index (χ4v) is 8.26.